The van der Waals surface area contributed by atoms with Gasteiger partial charge in [0.2, 0.25) is 0 Å². The lowest BCUT2D eigenvalue weighted by Gasteiger charge is -2.30. The third-order valence-corrected chi connectivity index (χ3v) is 4.09. The van der Waals surface area contributed by atoms with E-state index in [4.69, 9.17) is 0 Å². The summed E-state index contributed by atoms with van der Waals surface area (Å²) in [5, 5.41) is 0. The highest BCUT2D eigenvalue weighted by Crippen LogP contribution is 2.51. The fraction of sp³-hybridized carbons (Fsp3) is 0.429. The molecule has 1 spiro atoms. The molecule has 0 atom stereocenters. The first-order valence-corrected chi connectivity index (χ1v) is 5.30. The first-order valence-electron chi connectivity index (χ1n) is 5.30. The quantitative estimate of drug-likeness (QED) is 0.532. The van der Waals surface area contributed by atoms with E-state index in [-0.39, 0.29) is 5.41 Å². The molecule has 0 amide bonds. The summed E-state index contributed by atoms with van der Waals surface area (Å²) in [6.07, 6.45) is 10.1. The minimum atomic E-state index is 0.225. The van der Waals surface area contributed by atoms with Crippen molar-refractivity contribution >= 4 is 0 Å². The SMILES string of the molecule is CC1=C(C)C2(C=CC=CC2)C(C)=C1C. The maximum Gasteiger partial charge on any atom is 0.0344 e. The lowest BCUT2D eigenvalue weighted by atomic mass is 9.73. The zero-order valence-electron chi connectivity index (χ0n) is 9.52. The number of rotatable bonds is 0. The fourth-order valence-corrected chi connectivity index (χ4v) is 2.69. The Kier molecular flexibility index (Phi) is 2.02. The topological polar surface area (TPSA) is 0 Å². The first-order chi connectivity index (χ1) is 6.59. The average Bonchev–Trinajstić information content (AvgIpc) is 2.37. The third-order valence-electron chi connectivity index (χ3n) is 4.09. The highest BCUT2D eigenvalue weighted by Gasteiger charge is 2.37. The van der Waals surface area contributed by atoms with Crippen molar-refractivity contribution < 1.29 is 0 Å². The van der Waals surface area contributed by atoms with Gasteiger partial charge in [0.25, 0.3) is 0 Å². The molecule has 0 bridgehead atoms. The Bertz CT molecular complexity index is 362. The van der Waals surface area contributed by atoms with E-state index < -0.39 is 0 Å². The molecular weight excluding hydrogens is 168 g/mol. The van der Waals surface area contributed by atoms with Crippen molar-refractivity contribution in [1.29, 1.82) is 0 Å². The van der Waals surface area contributed by atoms with Crippen molar-refractivity contribution in [3.05, 3.63) is 46.6 Å². The molecule has 2 aliphatic carbocycles. The van der Waals surface area contributed by atoms with Crippen LogP contribution in [0, 0.1) is 5.41 Å². The predicted molar refractivity (Wildman–Crippen MR) is 62.1 cm³/mol. The van der Waals surface area contributed by atoms with Crippen molar-refractivity contribution in [3.8, 4) is 0 Å². The molecule has 2 rings (SSSR count). The summed E-state index contributed by atoms with van der Waals surface area (Å²) in [5.74, 6) is 0. The van der Waals surface area contributed by atoms with Crippen LogP contribution < -0.4 is 0 Å². The lowest BCUT2D eigenvalue weighted by molar-refractivity contribution is 0.559. The van der Waals surface area contributed by atoms with Gasteiger partial charge in [-0.2, -0.15) is 0 Å². The maximum absolute atomic E-state index is 2.36. The van der Waals surface area contributed by atoms with Crippen molar-refractivity contribution in [3.63, 3.8) is 0 Å². The Balaban J connectivity index is 2.58. The van der Waals surface area contributed by atoms with E-state index in [9.17, 15) is 0 Å². The molecule has 0 heteroatoms. The van der Waals surface area contributed by atoms with Crippen molar-refractivity contribution in [2.75, 3.05) is 0 Å². The molecule has 0 aliphatic heterocycles. The second-order valence-corrected chi connectivity index (χ2v) is 4.46. The first kappa shape index (κ1) is 9.51. The second-order valence-electron chi connectivity index (χ2n) is 4.46. The molecule has 2 aliphatic rings. The van der Waals surface area contributed by atoms with Gasteiger partial charge in [0, 0.05) is 5.41 Å². The van der Waals surface area contributed by atoms with Gasteiger partial charge in [0.05, 0.1) is 0 Å². The molecule has 0 N–H and O–H groups in total. The Morgan fingerprint density at radius 3 is 1.93 bits per heavy atom. The Hall–Kier alpha value is -1.04. The van der Waals surface area contributed by atoms with Crippen LogP contribution in [0.25, 0.3) is 0 Å². The van der Waals surface area contributed by atoms with Gasteiger partial charge >= 0.3 is 0 Å². The largest absolute Gasteiger partial charge is 0.0830 e. The van der Waals surface area contributed by atoms with E-state index in [1.165, 1.54) is 22.3 Å². The van der Waals surface area contributed by atoms with Gasteiger partial charge in [-0.1, -0.05) is 35.5 Å². The number of hydrogen-bond donors (Lipinski definition) is 0. The Labute approximate surface area is 86.7 Å². The van der Waals surface area contributed by atoms with Gasteiger partial charge in [-0.15, -0.1) is 0 Å². The van der Waals surface area contributed by atoms with Crippen LogP contribution >= 0.6 is 0 Å². The summed E-state index contributed by atoms with van der Waals surface area (Å²) < 4.78 is 0. The zero-order chi connectivity index (χ0) is 10.3. The van der Waals surface area contributed by atoms with Crippen molar-refractivity contribution in [2.45, 2.75) is 34.1 Å². The molecule has 0 saturated carbocycles. The number of hydrogen-bond acceptors (Lipinski definition) is 0. The van der Waals surface area contributed by atoms with Crippen LogP contribution in [-0.2, 0) is 0 Å². The minimum absolute atomic E-state index is 0.225. The van der Waals surface area contributed by atoms with Crippen LogP contribution in [0.3, 0.4) is 0 Å². The summed E-state index contributed by atoms with van der Waals surface area (Å²) in [7, 11) is 0. The summed E-state index contributed by atoms with van der Waals surface area (Å²) in [6, 6.07) is 0. The summed E-state index contributed by atoms with van der Waals surface area (Å²) in [6.45, 7) is 9.04. The lowest BCUT2D eigenvalue weighted by Crippen LogP contribution is -2.19. The standard InChI is InChI=1S/C14H18/c1-10-11(2)13(4)14(12(10)3)8-6-5-7-9-14/h5-8H,9H2,1-4H3. The van der Waals surface area contributed by atoms with E-state index in [2.05, 4.69) is 52.0 Å². The molecule has 14 heavy (non-hydrogen) atoms. The molecule has 0 heterocycles. The monoisotopic (exact) mass is 186 g/mol. The van der Waals surface area contributed by atoms with Gasteiger partial charge in [0.15, 0.2) is 0 Å². The molecule has 0 unspecified atom stereocenters. The fourth-order valence-electron chi connectivity index (χ4n) is 2.69. The molecule has 0 aromatic heterocycles. The Morgan fingerprint density at radius 2 is 1.50 bits per heavy atom. The molecule has 0 nitrogen and oxygen atoms in total. The van der Waals surface area contributed by atoms with E-state index in [1.54, 1.807) is 0 Å². The summed E-state index contributed by atoms with van der Waals surface area (Å²) in [4.78, 5) is 0. The molecule has 0 aromatic carbocycles. The molecule has 74 valence electrons. The van der Waals surface area contributed by atoms with Crippen LogP contribution in [0.1, 0.15) is 34.1 Å². The molecule has 0 radical (unpaired) electrons. The Morgan fingerprint density at radius 1 is 0.929 bits per heavy atom. The van der Waals surface area contributed by atoms with Gasteiger partial charge < -0.3 is 0 Å². The van der Waals surface area contributed by atoms with Gasteiger partial charge in [-0.05, 0) is 45.3 Å². The van der Waals surface area contributed by atoms with E-state index in [0.717, 1.165) is 6.42 Å². The van der Waals surface area contributed by atoms with E-state index >= 15 is 0 Å². The average molecular weight is 186 g/mol. The normalized spacial score (nSPS) is 24.3. The maximum atomic E-state index is 2.36. The van der Waals surface area contributed by atoms with Crippen LogP contribution in [-0.4, -0.2) is 0 Å². The number of allylic oxidation sites excluding steroid dienone is 8. The molecule has 0 saturated heterocycles. The smallest absolute Gasteiger partial charge is 0.0344 e. The zero-order valence-corrected chi connectivity index (χ0v) is 9.52. The van der Waals surface area contributed by atoms with Crippen molar-refractivity contribution in [2.24, 2.45) is 5.41 Å². The van der Waals surface area contributed by atoms with Crippen molar-refractivity contribution in [1.82, 2.24) is 0 Å². The van der Waals surface area contributed by atoms with Crippen LogP contribution in [0.4, 0.5) is 0 Å². The minimum Gasteiger partial charge on any atom is -0.0830 e. The summed E-state index contributed by atoms with van der Waals surface area (Å²) in [5.41, 5.74) is 6.27. The summed E-state index contributed by atoms with van der Waals surface area (Å²) >= 11 is 0. The van der Waals surface area contributed by atoms with Crippen LogP contribution in [0.5, 0.6) is 0 Å². The van der Waals surface area contributed by atoms with E-state index in [1.807, 2.05) is 0 Å². The highest BCUT2D eigenvalue weighted by atomic mass is 14.4. The predicted octanol–water partition coefficient (Wildman–Crippen LogP) is 4.18. The van der Waals surface area contributed by atoms with Gasteiger partial charge in [-0.25, -0.2) is 0 Å². The second kappa shape index (κ2) is 2.98. The molecule has 0 fully saturated rings. The highest BCUT2D eigenvalue weighted by molar-refractivity contribution is 5.54. The van der Waals surface area contributed by atoms with Crippen LogP contribution in [0.15, 0.2) is 46.6 Å². The molecule has 0 aromatic rings. The van der Waals surface area contributed by atoms with Gasteiger partial charge in [-0.3, -0.25) is 0 Å². The van der Waals surface area contributed by atoms with Crippen LogP contribution in [0.2, 0.25) is 0 Å². The van der Waals surface area contributed by atoms with E-state index in [0.29, 0.717) is 0 Å². The molecular formula is C14H18. The van der Waals surface area contributed by atoms with Gasteiger partial charge in [0.1, 0.15) is 0 Å². The third kappa shape index (κ3) is 1.00.